The van der Waals surface area contributed by atoms with Crippen LogP contribution < -0.4 is 9.64 Å². The molecule has 7 heteroatoms. The molecule has 0 N–H and O–H groups in total. The van der Waals surface area contributed by atoms with E-state index in [9.17, 15) is 4.79 Å². The predicted octanol–water partition coefficient (Wildman–Crippen LogP) is 5.38. The van der Waals surface area contributed by atoms with Crippen LogP contribution in [0.1, 0.15) is 16.7 Å². The monoisotopic (exact) mass is 543 g/mol. The Kier molecular flexibility index (Phi) is 7.96. The summed E-state index contributed by atoms with van der Waals surface area (Å²) in [5.74, 6) is 1.83. The van der Waals surface area contributed by atoms with Crippen molar-refractivity contribution in [1.82, 2.24) is 19.9 Å². The van der Waals surface area contributed by atoms with Crippen LogP contribution in [0.15, 0.2) is 97.5 Å². The average molecular weight is 544 g/mol. The van der Waals surface area contributed by atoms with Gasteiger partial charge in [0.1, 0.15) is 17.4 Å². The van der Waals surface area contributed by atoms with Crippen LogP contribution in [0.2, 0.25) is 0 Å². The number of carbonyl (C=O) groups is 1. The molecule has 41 heavy (non-hydrogen) atoms. The number of para-hydroxylation sites is 1. The number of rotatable bonds is 9. The number of nitrogens with zero attached hydrogens (tertiary/aromatic N) is 5. The first-order valence-electron chi connectivity index (χ1n) is 14.0. The number of Topliss-reactive ketones (excluding diaryl/α,β-unsaturated/α-hetero) is 1. The van der Waals surface area contributed by atoms with E-state index >= 15 is 0 Å². The molecule has 0 bridgehead atoms. The number of methoxy groups -OCH3 is 1. The van der Waals surface area contributed by atoms with Crippen molar-refractivity contribution in [2.24, 2.45) is 0 Å². The first-order valence-corrected chi connectivity index (χ1v) is 14.0. The average Bonchev–Trinajstić information content (AvgIpc) is 3.02. The van der Waals surface area contributed by atoms with Crippen molar-refractivity contribution in [2.45, 2.75) is 19.4 Å². The topological polar surface area (TPSA) is 71.5 Å². The van der Waals surface area contributed by atoms with Crippen molar-refractivity contribution in [3.8, 4) is 16.9 Å². The molecule has 0 aliphatic carbocycles. The fraction of sp³-hybridized carbons (Fsp3) is 0.235. The molecule has 1 saturated heterocycles. The second kappa shape index (κ2) is 12.3. The third-order valence-electron chi connectivity index (χ3n) is 7.62. The van der Waals surface area contributed by atoms with Gasteiger partial charge >= 0.3 is 0 Å². The van der Waals surface area contributed by atoms with Crippen LogP contribution >= 0.6 is 0 Å². The second-order valence-corrected chi connectivity index (χ2v) is 10.5. The lowest BCUT2D eigenvalue weighted by molar-refractivity contribution is -0.117. The maximum absolute atomic E-state index is 12.7. The molecule has 0 unspecified atom stereocenters. The summed E-state index contributed by atoms with van der Waals surface area (Å²) in [4.78, 5) is 31.4. The lowest BCUT2D eigenvalue weighted by atomic mass is 9.99. The molecule has 0 atom stereocenters. The van der Waals surface area contributed by atoms with Crippen LogP contribution in [0.4, 0.5) is 5.82 Å². The van der Waals surface area contributed by atoms with Gasteiger partial charge in [-0.15, -0.1) is 0 Å². The zero-order chi connectivity index (χ0) is 28.0. The van der Waals surface area contributed by atoms with Gasteiger partial charge in [-0.2, -0.15) is 0 Å². The number of hydrogen-bond donors (Lipinski definition) is 0. The zero-order valence-corrected chi connectivity index (χ0v) is 23.2. The molecule has 206 valence electrons. The highest BCUT2D eigenvalue weighted by atomic mass is 16.5. The highest BCUT2D eigenvalue weighted by Crippen LogP contribution is 2.26. The molecular formula is C34H33N5O2. The first-order chi connectivity index (χ1) is 20.1. The van der Waals surface area contributed by atoms with Crippen molar-refractivity contribution in [1.29, 1.82) is 0 Å². The Morgan fingerprint density at radius 3 is 2.39 bits per heavy atom. The van der Waals surface area contributed by atoms with Gasteiger partial charge in [-0.3, -0.25) is 19.7 Å². The number of carbonyl (C=O) groups excluding carboxylic acids is 1. The number of anilines is 1. The van der Waals surface area contributed by atoms with Crippen LogP contribution in [-0.2, 0) is 24.2 Å². The third kappa shape index (κ3) is 6.42. The van der Waals surface area contributed by atoms with E-state index in [4.69, 9.17) is 14.7 Å². The predicted molar refractivity (Wildman–Crippen MR) is 162 cm³/mol. The highest BCUT2D eigenvalue weighted by Gasteiger charge is 2.19. The molecule has 3 heterocycles. The Balaban J connectivity index is 1.10. The molecule has 5 aromatic rings. The molecule has 0 amide bonds. The Hall–Kier alpha value is -4.62. The van der Waals surface area contributed by atoms with Crippen LogP contribution in [0.25, 0.3) is 22.2 Å². The Labute approximate surface area is 240 Å². The van der Waals surface area contributed by atoms with Crippen LogP contribution in [-0.4, -0.2) is 58.9 Å². The van der Waals surface area contributed by atoms with E-state index < -0.39 is 0 Å². The second-order valence-electron chi connectivity index (χ2n) is 10.5. The fourth-order valence-corrected chi connectivity index (χ4v) is 5.39. The Bertz CT molecular complexity index is 1630. The number of ketones is 1. The largest absolute Gasteiger partial charge is 0.496 e. The van der Waals surface area contributed by atoms with E-state index in [1.165, 1.54) is 5.56 Å². The summed E-state index contributed by atoms with van der Waals surface area (Å²) in [6.45, 7) is 4.70. The quantitative estimate of drug-likeness (QED) is 0.247. The van der Waals surface area contributed by atoms with Gasteiger partial charge in [0.05, 0.1) is 24.3 Å². The molecule has 6 rings (SSSR count). The minimum Gasteiger partial charge on any atom is -0.496 e. The maximum Gasteiger partial charge on any atom is 0.147 e. The summed E-state index contributed by atoms with van der Waals surface area (Å²) in [5, 5.41) is 0. The van der Waals surface area contributed by atoms with Gasteiger partial charge in [-0.05, 0) is 46.5 Å². The highest BCUT2D eigenvalue weighted by molar-refractivity contribution is 5.85. The third-order valence-corrected chi connectivity index (χ3v) is 7.62. The molecule has 0 radical (unpaired) electrons. The summed E-state index contributed by atoms with van der Waals surface area (Å²) in [6, 6.07) is 26.2. The summed E-state index contributed by atoms with van der Waals surface area (Å²) in [5.41, 5.74) is 7.09. The van der Waals surface area contributed by atoms with Gasteiger partial charge in [0.25, 0.3) is 0 Å². The van der Waals surface area contributed by atoms with Gasteiger partial charge in [0.2, 0.25) is 0 Å². The molecule has 7 nitrogen and oxygen atoms in total. The van der Waals surface area contributed by atoms with E-state index in [1.807, 2.05) is 67.1 Å². The van der Waals surface area contributed by atoms with Crippen molar-refractivity contribution in [2.75, 3.05) is 38.2 Å². The number of benzene rings is 3. The van der Waals surface area contributed by atoms with Crippen LogP contribution in [0.5, 0.6) is 5.75 Å². The summed E-state index contributed by atoms with van der Waals surface area (Å²) >= 11 is 0. The molecule has 0 saturated carbocycles. The van der Waals surface area contributed by atoms with Crippen molar-refractivity contribution < 1.29 is 9.53 Å². The summed E-state index contributed by atoms with van der Waals surface area (Å²) < 4.78 is 5.39. The number of hydrogen-bond acceptors (Lipinski definition) is 7. The maximum atomic E-state index is 12.7. The molecule has 0 spiro atoms. The smallest absolute Gasteiger partial charge is 0.147 e. The standard InChI is InChI=1S/C34H33N5O2/c1-41-33-7-3-2-6-29(33)20-30(40)19-25-8-10-27(11-9-25)28-12-13-31-32(21-28)37-34(23-36-31)39-17-15-38(16-18-39)24-26-5-4-14-35-22-26/h2-14,21-23H,15-20,24H2,1H3. The van der Waals surface area contributed by atoms with Crippen molar-refractivity contribution >= 4 is 22.6 Å². The summed E-state index contributed by atoms with van der Waals surface area (Å²) in [6.07, 6.45) is 6.39. The van der Waals surface area contributed by atoms with Crippen LogP contribution in [0.3, 0.4) is 0 Å². The lowest BCUT2D eigenvalue weighted by Gasteiger charge is -2.35. The Morgan fingerprint density at radius 1 is 0.805 bits per heavy atom. The summed E-state index contributed by atoms with van der Waals surface area (Å²) in [7, 11) is 1.63. The SMILES string of the molecule is COc1ccccc1CC(=O)Cc1ccc(-c2ccc3ncc(N4CCN(Cc5cccnc5)CC4)nc3c2)cc1. The van der Waals surface area contributed by atoms with Crippen molar-refractivity contribution in [3.63, 3.8) is 0 Å². The molecule has 1 aliphatic heterocycles. The molecule has 2 aromatic heterocycles. The number of fused-ring (bicyclic) bond motifs is 1. The van der Waals surface area contributed by atoms with E-state index in [2.05, 4.69) is 45.1 Å². The minimum atomic E-state index is 0.161. The lowest BCUT2D eigenvalue weighted by Crippen LogP contribution is -2.46. The van der Waals surface area contributed by atoms with E-state index in [0.29, 0.717) is 12.8 Å². The van der Waals surface area contributed by atoms with Crippen molar-refractivity contribution in [3.05, 3.63) is 114 Å². The van der Waals surface area contributed by atoms with E-state index in [1.54, 1.807) is 7.11 Å². The molecule has 3 aromatic carbocycles. The fourth-order valence-electron chi connectivity index (χ4n) is 5.39. The van der Waals surface area contributed by atoms with Gasteiger partial charge < -0.3 is 9.64 Å². The normalized spacial score (nSPS) is 13.8. The molecule has 1 aliphatic rings. The molecule has 1 fully saturated rings. The first kappa shape index (κ1) is 26.6. The van der Waals surface area contributed by atoms with Gasteiger partial charge in [-0.1, -0.05) is 54.6 Å². The van der Waals surface area contributed by atoms with Crippen LogP contribution in [0, 0.1) is 0 Å². The van der Waals surface area contributed by atoms with Gasteiger partial charge in [0.15, 0.2) is 0 Å². The zero-order valence-electron chi connectivity index (χ0n) is 23.2. The number of aromatic nitrogens is 3. The van der Waals surface area contributed by atoms with Gasteiger partial charge in [0, 0.05) is 63.5 Å². The Morgan fingerprint density at radius 2 is 1.61 bits per heavy atom. The van der Waals surface area contributed by atoms with E-state index in [0.717, 1.165) is 77.6 Å². The minimum absolute atomic E-state index is 0.161. The van der Waals surface area contributed by atoms with E-state index in [-0.39, 0.29) is 5.78 Å². The number of pyridine rings is 1. The van der Waals surface area contributed by atoms with Gasteiger partial charge in [-0.25, -0.2) is 4.98 Å². The molecular weight excluding hydrogens is 510 g/mol. The number of ether oxygens (including phenoxy) is 1. The number of piperazine rings is 1.